The van der Waals surface area contributed by atoms with E-state index in [0.717, 1.165) is 11.4 Å². The number of aryl methyl sites for hydroxylation is 3. The molecule has 2 rings (SSSR count). The van der Waals surface area contributed by atoms with E-state index < -0.39 is 5.60 Å². The molecule has 0 aliphatic heterocycles. The van der Waals surface area contributed by atoms with Gasteiger partial charge >= 0.3 is 0 Å². The molecule has 0 radical (unpaired) electrons. The number of carbonyl (C=O) groups is 1. The van der Waals surface area contributed by atoms with Gasteiger partial charge in [0.2, 0.25) is 0 Å². The quantitative estimate of drug-likeness (QED) is 0.884. The second-order valence-corrected chi connectivity index (χ2v) is 5.85. The molecule has 0 atom stereocenters. The molecule has 1 amide bonds. The summed E-state index contributed by atoms with van der Waals surface area (Å²) < 4.78 is 1.68. The average Bonchev–Trinajstić information content (AvgIpc) is 2.81. The highest BCUT2D eigenvalue weighted by atomic mass is 16.3. The number of aliphatic hydroxyl groups is 1. The Hall–Kier alpha value is -1.95. The minimum absolute atomic E-state index is 0.223. The molecular weight excluding hydrogens is 280 g/mol. The van der Waals surface area contributed by atoms with Crippen LogP contribution in [0.3, 0.4) is 0 Å². The Balaban J connectivity index is 2.34. The molecule has 0 spiro atoms. The maximum atomic E-state index is 12.5. The molecule has 120 valence electrons. The third kappa shape index (κ3) is 2.97. The van der Waals surface area contributed by atoms with Gasteiger partial charge < -0.3 is 10.4 Å². The molecule has 0 aliphatic rings. The zero-order valence-electron chi connectivity index (χ0n) is 13.9. The molecule has 0 saturated carbocycles. The minimum atomic E-state index is -0.869. The summed E-state index contributed by atoms with van der Waals surface area (Å²) in [7, 11) is 0. The van der Waals surface area contributed by atoms with E-state index in [4.69, 9.17) is 0 Å². The van der Waals surface area contributed by atoms with Gasteiger partial charge in [-0.25, -0.2) is 9.50 Å². The van der Waals surface area contributed by atoms with Crippen LogP contribution < -0.4 is 5.32 Å². The largest absolute Gasteiger partial charge is 0.388 e. The topological polar surface area (TPSA) is 79.5 Å². The van der Waals surface area contributed by atoms with Crippen molar-refractivity contribution in [3.05, 3.63) is 28.7 Å². The van der Waals surface area contributed by atoms with Crippen LogP contribution in [0.1, 0.15) is 54.1 Å². The summed E-state index contributed by atoms with van der Waals surface area (Å²) in [5.41, 5.74) is 2.58. The van der Waals surface area contributed by atoms with Crippen LogP contribution in [-0.2, 0) is 0 Å². The fourth-order valence-corrected chi connectivity index (χ4v) is 2.53. The standard InChI is InChI=1S/C16H24N4O2/c1-6-16(22,7-2)9-17-15(21)13-12(5)19-20-11(4)8-10(3)18-14(13)20/h8,22H,6-7,9H2,1-5H3,(H,17,21). The van der Waals surface area contributed by atoms with Gasteiger partial charge in [-0.3, -0.25) is 4.79 Å². The van der Waals surface area contributed by atoms with Crippen molar-refractivity contribution in [2.45, 2.75) is 53.1 Å². The van der Waals surface area contributed by atoms with Crippen LogP contribution in [0.2, 0.25) is 0 Å². The van der Waals surface area contributed by atoms with Crippen LogP contribution in [0.15, 0.2) is 6.07 Å². The van der Waals surface area contributed by atoms with Crippen molar-refractivity contribution in [1.29, 1.82) is 0 Å². The van der Waals surface area contributed by atoms with Gasteiger partial charge in [-0.2, -0.15) is 5.10 Å². The van der Waals surface area contributed by atoms with Gasteiger partial charge in [0, 0.05) is 17.9 Å². The third-order valence-corrected chi connectivity index (χ3v) is 4.19. The van der Waals surface area contributed by atoms with Gasteiger partial charge in [-0.05, 0) is 39.7 Å². The van der Waals surface area contributed by atoms with Crippen molar-refractivity contribution in [3.8, 4) is 0 Å². The molecule has 2 heterocycles. The Labute approximate surface area is 130 Å². The predicted octanol–water partition coefficient (Wildman–Crippen LogP) is 1.94. The number of carbonyl (C=O) groups excluding carboxylic acids is 1. The summed E-state index contributed by atoms with van der Waals surface area (Å²) in [5, 5.41) is 17.5. The maximum absolute atomic E-state index is 12.5. The Morgan fingerprint density at radius 3 is 2.55 bits per heavy atom. The SMILES string of the molecule is CCC(O)(CC)CNC(=O)c1c(C)nn2c(C)cc(C)nc12. The smallest absolute Gasteiger partial charge is 0.257 e. The van der Waals surface area contributed by atoms with Crippen LogP contribution >= 0.6 is 0 Å². The van der Waals surface area contributed by atoms with Crippen molar-refractivity contribution in [2.75, 3.05) is 6.54 Å². The van der Waals surface area contributed by atoms with Gasteiger partial charge in [0.1, 0.15) is 5.56 Å². The minimum Gasteiger partial charge on any atom is -0.388 e. The summed E-state index contributed by atoms with van der Waals surface area (Å²) in [5.74, 6) is -0.245. The fraction of sp³-hybridized carbons (Fsp3) is 0.562. The first-order valence-corrected chi connectivity index (χ1v) is 7.65. The lowest BCUT2D eigenvalue weighted by molar-refractivity contribution is 0.0314. The first kappa shape index (κ1) is 16.4. The Morgan fingerprint density at radius 2 is 1.95 bits per heavy atom. The fourth-order valence-electron chi connectivity index (χ4n) is 2.53. The Morgan fingerprint density at radius 1 is 1.32 bits per heavy atom. The summed E-state index contributed by atoms with van der Waals surface area (Å²) in [6.07, 6.45) is 1.18. The zero-order chi connectivity index (χ0) is 16.5. The molecule has 2 N–H and O–H groups in total. The highest BCUT2D eigenvalue weighted by molar-refractivity contribution is 6.01. The van der Waals surface area contributed by atoms with Gasteiger partial charge in [-0.15, -0.1) is 0 Å². The summed E-state index contributed by atoms with van der Waals surface area (Å²) >= 11 is 0. The number of nitrogens with one attached hydrogen (secondary N) is 1. The molecule has 0 fully saturated rings. The molecule has 0 aliphatic carbocycles. The molecule has 0 bridgehead atoms. The van der Waals surface area contributed by atoms with Crippen molar-refractivity contribution < 1.29 is 9.90 Å². The monoisotopic (exact) mass is 304 g/mol. The second-order valence-electron chi connectivity index (χ2n) is 5.85. The molecule has 22 heavy (non-hydrogen) atoms. The normalized spacial score (nSPS) is 11.9. The first-order chi connectivity index (χ1) is 10.3. The zero-order valence-corrected chi connectivity index (χ0v) is 13.9. The average molecular weight is 304 g/mol. The number of fused-ring (bicyclic) bond motifs is 1. The number of rotatable bonds is 5. The van der Waals surface area contributed by atoms with E-state index in [1.165, 1.54) is 0 Å². The van der Waals surface area contributed by atoms with E-state index in [1.807, 2.05) is 33.8 Å². The molecule has 2 aromatic heterocycles. The van der Waals surface area contributed by atoms with E-state index in [0.29, 0.717) is 29.7 Å². The van der Waals surface area contributed by atoms with Crippen LogP contribution in [0.4, 0.5) is 0 Å². The van der Waals surface area contributed by atoms with E-state index in [9.17, 15) is 9.90 Å². The lowest BCUT2D eigenvalue weighted by atomic mass is 9.97. The maximum Gasteiger partial charge on any atom is 0.257 e. The van der Waals surface area contributed by atoms with Crippen LogP contribution in [0, 0.1) is 20.8 Å². The van der Waals surface area contributed by atoms with Crippen molar-refractivity contribution in [2.24, 2.45) is 0 Å². The van der Waals surface area contributed by atoms with E-state index >= 15 is 0 Å². The molecule has 2 aromatic rings. The number of amides is 1. The van der Waals surface area contributed by atoms with E-state index in [-0.39, 0.29) is 12.5 Å². The third-order valence-electron chi connectivity index (χ3n) is 4.19. The summed E-state index contributed by atoms with van der Waals surface area (Å²) in [4.78, 5) is 17.0. The summed E-state index contributed by atoms with van der Waals surface area (Å²) in [6, 6.07) is 1.92. The predicted molar refractivity (Wildman–Crippen MR) is 85.1 cm³/mol. The Bertz CT molecular complexity index is 702. The molecule has 0 unspecified atom stereocenters. The number of aromatic nitrogens is 3. The summed E-state index contributed by atoms with van der Waals surface area (Å²) in [6.45, 7) is 9.66. The lowest BCUT2D eigenvalue weighted by Crippen LogP contribution is -2.42. The Kier molecular flexibility index (Phi) is 4.51. The second kappa shape index (κ2) is 6.04. The molecule has 6 nitrogen and oxygen atoms in total. The molecule has 6 heteroatoms. The number of nitrogens with zero attached hydrogens (tertiary/aromatic N) is 3. The van der Waals surface area contributed by atoms with Gasteiger partial charge in [0.25, 0.3) is 5.91 Å². The first-order valence-electron chi connectivity index (χ1n) is 7.65. The molecular formula is C16H24N4O2. The van der Waals surface area contributed by atoms with Gasteiger partial charge in [-0.1, -0.05) is 13.8 Å². The van der Waals surface area contributed by atoms with Gasteiger partial charge in [0.15, 0.2) is 5.65 Å². The number of hydrogen-bond acceptors (Lipinski definition) is 4. The van der Waals surface area contributed by atoms with Crippen LogP contribution in [-0.4, -0.2) is 37.8 Å². The van der Waals surface area contributed by atoms with Gasteiger partial charge in [0.05, 0.1) is 11.3 Å². The highest BCUT2D eigenvalue weighted by Crippen LogP contribution is 2.17. The highest BCUT2D eigenvalue weighted by Gasteiger charge is 2.25. The van der Waals surface area contributed by atoms with Crippen molar-refractivity contribution >= 4 is 11.6 Å². The van der Waals surface area contributed by atoms with E-state index in [2.05, 4.69) is 15.4 Å². The lowest BCUT2D eigenvalue weighted by Gasteiger charge is -2.25. The van der Waals surface area contributed by atoms with Crippen molar-refractivity contribution in [1.82, 2.24) is 19.9 Å². The molecule has 0 aromatic carbocycles. The van der Waals surface area contributed by atoms with Crippen LogP contribution in [0.25, 0.3) is 5.65 Å². The number of hydrogen-bond donors (Lipinski definition) is 2. The van der Waals surface area contributed by atoms with Crippen LogP contribution in [0.5, 0.6) is 0 Å². The van der Waals surface area contributed by atoms with E-state index in [1.54, 1.807) is 11.4 Å². The molecule has 0 saturated heterocycles. The van der Waals surface area contributed by atoms with Crippen molar-refractivity contribution in [3.63, 3.8) is 0 Å².